The molecule has 0 bridgehead atoms. The lowest BCUT2D eigenvalue weighted by Crippen LogP contribution is -2.42. The van der Waals surface area contributed by atoms with Crippen molar-refractivity contribution < 1.29 is 8.42 Å². The fraction of sp³-hybridized carbons (Fsp3) is 0.562. The lowest BCUT2D eigenvalue weighted by Gasteiger charge is -2.24. The Morgan fingerprint density at radius 3 is 2.67 bits per heavy atom. The highest BCUT2D eigenvalue weighted by Crippen LogP contribution is 2.12. The summed E-state index contributed by atoms with van der Waals surface area (Å²) in [6.07, 6.45) is 0.726. The molecule has 1 aliphatic heterocycles. The highest BCUT2D eigenvalue weighted by atomic mass is 127. The monoisotopic (exact) mass is 466 g/mol. The Hall–Kier alpha value is -0.870. The molecule has 1 saturated heterocycles. The molecule has 1 aromatic carbocycles. The maximum Gasteiger partial charge on any atom is 0.214 e. The third kappa shape index (κ3) is 5.59. The van der Waals surface area contributed by atoms with Crippen LogP contribution >= 0.6 is 24.0 Å². The van der Waals surface area contributed by atoms with Gasteiger partial charge in [-0.1, -0.05) is 24.3 Å². The first-order chi connectivity index (χ1) is 10.9. The summed E-state index contributed by atoms with van der Waals surface area (Å²) in [7, 11) is 0.694. The second kappa shape index (κ2) is 9.57. The molecule has 2 rings (SSSR count). The fourth-order valence-corrected chi connectivity index (χ4v) is 4.27. The summed E-state index contributed by atoms with van der Waals surface area (Å²) in [6, 6.07) is 8.26. The van der Waals surface area contributed by atoms with Crippen molar-refractivity contribution in [1.82, 2.24) is 14.5 Å². The molecule has 6 nitrogen and oxygen atoms in total. The summed E-state index contributed by atoms with van der Waals surface area (Å²) < 4.78 is 25.1. The summed E-state index contributed by atoms with van der Waals surface area (Å²) >= 11 is 0. The lowest BCUT2D eigenvalue weighted by atomic mass is 10.1. The summed E-state index contributed by atoms with van der Waals surface area (Å²) in [5.41, 5.74) is 2.50. The van der Waals surface area contributed by atoms with E-state index in [2.05, 4.69) is 29.4 Å². The van der Waals surface area contributed by atoms with Gasteiger partial charge >= 0.3 is 0 Å². The zero-order valence-electron chi connectivity index (χ0n) is 14.5. The molecule has 0 radical (unpaired) electrons. The molecule has 0 saturated carbocycles. The van der Waals surface area contributed by atoms with Gasteiger partial charge in [0.25, 0.3) is 0 Å². The van der Waals surface area contributed by atoms with Crippen LogP contribution in [0.3, 0.4) is 0 Å². The molecule has 136 valence electrons. The van der Waals surface area contributed by atoms with Crippen LogP contribution < -0.4 is 5.32 Å². The van der Waals surface area contributed by atoms with Gasteiger partial charge in [0, 0.05) is 40.3 Å². The Balaban J connectivity index is 0.00000288. The largest absolute Gasteiger partial charge is 0.355 e. The summed E-state index contributed by atoms with van der Waals surface area (Å²) in [5.74, 6) is 1.04. The second-order valence-corrected chi connectivity index (χ2v) is 7.91. The molecule has 0 amide bonds. The zero-order chi connectivity index (χ0) is 16.9. The van der Waals surface area contributed by atoms with Crippen LogP contribution in [0.5, 0.6) is 0 Å². The maximum absolute atomic E-state index is 11.8. The maximum atomic E-state index is 11.8. The summed E-state index contributed by atoms with van der Waals surface area (Å²) in [4.78, 5) is 6.32. The van der Waals surface area contributed by atoms with E-state index in [0.29, 0.717) is 19.6 Å². The first-order valence-electron chi connectivity index (χ1n) is 7.88. The van der Waals surface area contributed by atoms with Crippen LogP contribution in [0.25, 0.3) is 0 Å². The third-order valence-electron chi connectivity index (χ3n) is 4.09. The third-order valence-corrected chi connectivity index (χ3v) is 6.05. The van der Waals surface area contributed by atoms with Gasteiger partial charge in [0.05, 0.1) is 5.75 Å². The zero-order valence-corrected chi connectivity index (χ0v) is 17.7. The SMILES string of the molecule is CN=C(NCCN1CCCS1(=O)=O)N(C)Cc1ccccc1C.I. The first kappa shape index (κ1) is 21.2. The first-order valence-corrected chi connectivity index (χ1v) is 9.49. The Morgan fingerprint density at radius 1 is 1.38 bits per heavy atom. The van der Waals surface area contributed by atoms with E-state index in [1.54, 1.807) is 11.4 Å². The minimum atomic E-state index is -3.03. The average Bonchev–Trinajstić information content (AvgIpc) is 2.84. The Morgan fingerprint density at radius 2 is 2.08 bits per heavy atom. The normalized spacial score (nSPS) is 17.4. The Bertz CT molecular complexity index is 664. The molecular formula is C16H27IN4O2S. The van der Waals surface area contributed by atoms with Crippen LogP contribution in [0.1, 0.15) is 17.5 Å². The van der Waals surface area contributed by atoms with E-state index in [0.717, 1.165) is 18.9 Å². The van der Waals surface area contributed by atoms with Gasteiger partial charge in [-0.25, -0.2) is 12.7 Å². The summed E-state index contributed by atoms with van der Waals surface area (Å²) in [6.45, 7) is 4.52. The minimum absolute atomic E-state index is 0. The van der Waals surface area contributed by atoms with E-state index in [1.807, 2.05) is 24.1 Å². The number of guanidine groups is 1. The minimum Gasteiger partial charge on any atom is -0.355 e. The van der Waals surface area contributed by atoms with Crippen molar-refractivity contribution in [2.24, 2.45) is 4.99 Å². The van der Waals surface area contributed by atoms with Gasteiger partial charge in [0.2, 0.25) is 10.0 Å². The number of nitrogens with one attached hydrogen (secondary N) is 1. The smallest absolute Gasteiger partial charge is 0.214 e. The number of aryl methyl sites for hydroxylation is 1. The molecule has 0 aromatic heterocycles. The number of halogens is 1. The highest BCUT2D eigenvalue weighted by Gasteiger charge is 2.27. The molecule has 1 aromatic rings. The van der Waals surface area contributed by atoms with Gasteiger partial charge in [-0.05, 0) is 24.5 Å². The topological polar surface area (TPSA) is 65.0 Å². The van der Waals surface area contributed by atoms with Crippen molar-refractivity contribution in [3.05, 3.63) is 35.4 Å². The van der Waals surface area contributed by atoms with Crippen LogP contribution in [0.2, 0.25) is 0 Å². The van der Waals surface area contributed by atoms with E-state index < -0.39 is 10.0 Å². The van der Waals surface area contributed by atoms with E-state index in [9.17, 15) is 8.42 Å². The van der Waals surface area contributed by atoms with E-state index in [4.69, 9.17) is 0 Å². The molecule has 1 heterocycles. The van der Waals surface area contributed by atoms with Crippen LogP contribution in [-0.2, 0) is 16.6 Å². The van der Waals surface area contributed by atoms with Crippen molar-refractivity contribution >= 4 is 40.0 Å². The van der Waals surface area contributed by atoms with Crippen molar-refractivity contribution in [2.75, 3.05) is 39.5 Å². The van der Waals surface area contributed by atoms with E-state index in [-0.39, 0.29) is 29.7 Å². The molecule has 24 heavy (non-hydrogen) atoms. The van der Waals surface area contributed by atoms with Crippen LogP contribution in [0, 0.1) is 6.92 Å². The van der Waals surface area contributed by atoms with Crippen LogP contribution in [0.15, 0.2) is 29.3 Å². The fourth-order valence-electron chi connectivity index (χ4n) is 2.74. The van der Waals surface area contributed by atoms with E-state index in [1.165, 1.54) is 11.1 Å². The molecule has 1 aliphatic rings. The van der Waals surface area contributed by atoms with Crippen molar-refractivity contribution in [3.8, 4) is 0 Å². The summed E-state index contributed by atoms with van der Waals surface area (Å²) in [5, 5.41) is 3.24. The quantitative estimate of drug-likeness (QED) is 0.408. The molecule has 0 unspecified atom stereocenters. The number of hydrogen-bond donors (Lipinski definition) is 1. The number of sulfonamides is 1. The molecule has 1 fully saturated rings. The van der Waals surface area contributed by atoms with Gasteiger partial charge < -0.3 is 10.2 Å². The Kier molecular flexibility index (Phi) is 8.44. The number of aliphatic imine (C=N–C) groups is 1. The lowest BCUT2D eigenvalue weighted by molar-refractivity contribution is 0.432. The number of benzene rings is 1. The predicted octanol–water partition coefficient (Wildman–Crippen LogP) is 1.66. The van der Waals surface area contributed by atoms with Crippen molar-refractivity contribution in [3.63, 3.8) is 0 Å². The standard InChI is InChI=1S/C16H26N4O2S.HI/c1-14-7-4-5-8-15(14)13-19(3)16(17-2)18-9-11-20-10-6-12-23(20,21)22;/h4-5,7-8H,6,9-13H2,1-3H3,(H,17,18);1H. The molecule has 8 heteroatoms. The predicted molar refractivity (Wildman–Crippen MR) is 109 cm³/mol. The highest BCUT2D eigenvalue weighted by molar-refractivity contribution is 14.0. The van der Waals surface area contributed by atoms with Gasteiger partial charge in [-0.15, -0.1) is 24.0 Å². The van der Waals surface area contributed by atoms with E-state index >= 15 is 0 Å². The molecule has 0 atom stereocenters. The molecule has 0 aliphatic carbocycles. The molecular weight excluding hydrogens is 439 g/mol. The van der Waals surface area contributed by atoms with Crippen LogP contribution in [-0.4, -0.2) is 63.1 Å². The number of nitrogens with zero attached hydrogens (tertiary/aromatic N) is 3. The molecule has 0 spiro atoms. The Labute approximate surface area is 162 Å². The molecule has 1 N–H and O–H groups in total. The number of rotatable bonds is 5. The van der Waals surface area contributed by atoms with Gasteiger partial charge in [0.15, 0.2) is 5.96 Å². The van der Waals surface area contributed by atoms with Crippen molar-refractivity contribution in [2.45, 2.75) is 19.9 Å². The van der Waals surface area contributed by atoms with Gasteiger partial charge in [-0.3, -0.25) is 4.99 Å². The second-order valence-electron chi connectivity index (χ2n) is 5.83. The van der Waals surface area contributed by atoms with Crippen LogP contribution in [0.4, 0.5) is 0 Å². The van der Waals surface area contributed by atoms with Crippen molar-refractivity contribution in [1.29, 1.82) is 0 Å². The van der Waals surface area contributed by atoms with Gasteiger partial charge in [-0.2, -0.15) is 0 Å². The van der Waals surface area contributed by atoms with Gasteiger partial charge in [0.1, 0.15) is 0 Å². The number of hydrogen-bond acceptors (Lipinski definition) is 3. The average molecular weight is 466 g/mol.